The number of likely N-dealkylation sites (tertiary alicyclic amines) is 1. The van der Waals surface area contributed by atoms with Gasteiger partial charge in [-0.3, -0.25) is 0 Å². The molecule has 1 aliphatic rings. The molecular weight excluding hydrogens is 382 g/mol. The molecule has 0 radical (unpaired) electrons. The zero-order valence-electron chi connectivity index (χ0n) is 19.6. The van der Waals surface area contributed by atoms with E-state index in [1.807, 2.05) is 19.1 Å². The Kier molecular flexibility index (Phi) is 9.42. The first-order valence-corrected chi connectivity index (χ1v) is 12.4. The van der Waals surface area contributed by atoms with Gasteiger partial charge in [-0.1, -0.05) is 81.5 Å². The first-order chi connectivity index (χ1) is 15.2. The van der Waals surface area contributed by atoms with Crippen LogP contribution in [0.1, 0.15) is 82.3 Å². The molecule has 3 heteroatoms. The molecule has 2 aromatic carbocycles. The second-order valence-corrected chi connectivity index (χ2v) is 9.02. The number of benzene rings is 2. The van der Waals surface area contributed by atoms with Crippen molar-refractivity contribution in [3.8, 4) is 5.75 Å². The Morgan fingerprint density at radius 2 is 1.58 bits per heavy atom. The lowest BCUT2D eigenvalue weighted by atomic mass is 9.74. The zero-order chi connectivity index (χ0) is 21.9. The summed E-state index contributed by atoms with van der Waals surface area (Å²) in [6.45, 7) is 8.09. The minimum Gasteiger partial charge on any atom is -0.494 e. The van der Waals surface area contributed by atoms with Crippen LogP contribution in [-0.4, -0.2) is 36.2 Å². The lowest BCUT2D eigenvalue weighted by Gasteiger charge is -2.39. The summed E-state index contributed by atoms with van der Waals surface area (Å²) >= 11 is 0. The van der Waals surface area contributed by atoms with Gasteiger partial charge in [-0.2, -0.15) is 0 Å². The molecule has 0 aromatic heterocycles. The van der Waals surface area contributed by atoms with E-state index in [2.05, 4.69) is 54.3 Å². The molecule has 2 atom stereocenters. The molecule has 1 saturated heterocycles. The molecule has 2 aromatic rings. The largest absolute Gasteiger partial charge is 0.494 e. The summed E-state index contributed by atoms with van der Waals surface area (Å²) in [7, 11) is 0. The Morgan fingerprint density at radius 3 is 2.23 bits per heavy atom. The topological polar surface area (TPSA) is 32.7 Å². The minimum absolute atomic E-state index is 0.0518. The summed E-state index contributed by atoms with van der Waals surface area (Å²) in [5.41, 5.74) is 1.36. The van der Waals surface area contributed by atoms with Crippen LogP contribution in [0.15, 0.2) is 54.6 Å². The second kappa shape index (κ2) is 12.3. The van der Waals surface area contributed by atoms with E-state index in [9.17, 15) is 5.11 Å². The predicted octanol–water partition coefficient (Wildman–Crippen LogP) is 6.51. The number of ether oxygens (including phenoxy) is 1. The van der Waals surface area contributed by atoms with Crippen LogP contribution in [0.2, 0.25) is 0 Å². The maximum absolute atomic E-state index is 12.4. The van der Waals surface area contributed by atoms with E-state index in [0.29, 0.717) is 6.61 Å². The van der Waals surface area contributed by atoms with Crippen molar-refractivity contribution >= 4 is 0 Å². The van der Waals surface area contributed by atoms with E-state index in [0.717, 1.165) is 43.8 Å². The molecule has 0 unspecified atom stereocenters. The van der Waals surface area contributed by atoms with Crippen LogP contribution >= 0.6 is 0 Å². The van der Waals surface area contributed by atoms with Gasteiger partial charge in [0.1, 0.15) is 5.75 Å². The third-order valence-electron chi connectivity index (χ3n) is 6.74. The number of aliphatic hydroxyl groups is 1. The standard InChI is InChI=1S/C28H41NO2/c1-3-5-6-7-11-20-28(30,25-16-18-26(19-17-25)31-4-2)27(23-29-21-12-13-22-29)24-14-9-8-10-15-24/h8-10,14-19,27,30H,3-7,11-13,20-23H2,1-2H3/t27-,28+/m0/s1. The molecule has 0 bridgehead atoms. The molecular formula is C28H41NO2. The normalized spacial score (nSPS) is 17.4. The van der Waals surface area contributed by atoms with Crippen LogP contribution in [0.3, 0.4) is 0 Å². The van der Waals surface area contributed by atoms with E-state index in [1.54, 1.807) is 0 Å². The number of rotatable bonds is 13. The van der Waals surface area contributed by atoms with E-state index in [4.69, 9.17) is 4.74 Å². The van der Waals surface area contributed by atoms with Gasteiger partial charge in [0.25, 0.3) is 0 Å². The van der Waals surface area contributed by atoms with Crippen molar-refractivity contribution in [3.63, 3.8) is 0 Å². The van der Waals surface area contributed by atoms with E-state index in [-0.39, 0.29) is 5.92 Å². The molecule has 170 valence electrons. The van der Waals surface area contributed by atoms with E-state index < -0.39 is 5.60 Å². The number of hydrogen-bond acceptors (Lipinski definition) is 3. The summed E-state index contributed by atoms with van der Waals surface area (Å²) in [5, 5.41) is 12.4. The van der Waals surface area contributed by atoms with Crippen molar-refractivity contribution in [2.75, 3.05) is 26.2 Å². The average molecular weight is 424 g/mol. The second-order valence-electron chi connectivity index (χ2n) is 9.02. The van der Waals surface area contributed by atoms with Crippen molar-refractivity contribution < 1.29 is 9.84 Å². The first-order valence-electron chi connectivity index (χ1n) is 12.4. The molecule has 1 aliphatic heterocycles. The van der Waals surface area contributed by atoms with Crippen LogP contribution < -0.4 is 4.74 Å². The van der Waals surface area contributed by atoms with Crippen molar-refractivity contribution in [3.05, 3.63) is 65.7 Å². The van der Waals surface area contributed by atoms with Crippen LogP contribution in [0.4, 0.5) is 0 Å². The summed E-state index contributed by atoms with van der Waals surface area (Å²) < 4.78 is 5.66. The highest BCUT2D eigenvalue weighted by atomic mass is 16.5. The Hall–Kier alpha value is -1.84. The lowest BCUT2D eigenvalue weighted by molar-refractivity contribution is -0.0133. The average Bonchev–Trinajstić information content (AvgIpc) is 3.32. The molecule has 0 aliphatic carbocycles. The van der Waals surface area contributed by atoms with Crippen molar-refractivity contribution in [2.24, 2.45) is 0 Å². The monoisotopic (exact) mass is 423 g/mol. The molecule has 0 saturated carbocycles. The molecule has 0 spiro atoms. The fourth-order valence-electron chi connectivity index (χ4n) is 4.97. The maximum atomic E-state index is 12.4. The predicted molar refractivity (Wildman–Crippen MR) is 130 cm³/mol. The van der Waals surface area contributed by atoms with Crippen molar-refractivity contribution in [1.82, 2.24) is 4.90 Å². The Balaban J connectivity index is 1.91. The Labute approximate surface area is 189 Å². The zero-order valence-corrected chi connectivity index (χ0v) is 19.6. The van der Waals surface area contributed by atoms with Gasteiger partial charge < -0.3 is 14.7 Å². The highest BCUT2D eigenvalue weighted by Gasteiger charge is 2.40. The van der Waals surface area contributed by atoms with E-state index in [1.165, 1.54) is 44.1 Å². The first kappa shape index (κ1) is 23.8. The number of unbranched alkanes of at least 4 members (excludes halogenated alkanes) is 4. The van der Waals surface area contributed by atoms with Crippen LogP contribution in [0.5, 0.6) is 5.75 Å². The van der Waals surface area contributed by atoms with Crippen LogP contribution in [-0.2, 0) is 5.60 Å². The molecule has 1 N–H and O–H groups in total. The Morgan fingerprint density at radius 1 is 0.903 bits per heavy atom. The molecule has 0 amide bonds. The molecule has 1 fully saturated rings. The van der Waals surface area contributed by atoms with Gasteiger partial charge in [0.05, 0.1) is 12.2 Å². The quantitative estimate of drug-likeness (QED) is 0.373. The van der Waals surface area contributed by atoms with E-state index >= 15 is 0 Å². The summed E-state index contributed by atoms with van der Waals surface area (Å²) in [6.07, 6.45) is 9.31. The fourth-order valence-corrected chi connectivity index (χ4v) is 4.97. The fraction of sp³-hybridized carbons (Fsp3) is 0.571. The van der Waals surface area contributed by atoms with Gasteiger partial charge >= 0.3 is 0 Å². The van der Waals surface area contributed by atoms with Crippen molar-refractivity contribution in [2.45, 2.75) is 76.7 Å². The van der Waals surface area contributed by atoms with Gasteiger partial charge in [-0.15, -0.1) is 0 Å². The summed E-state index contributed by atoms with van der Waals surface area (Å²) in [4.78, 5) is 2.54. The van der Waals surface area contributed by atoms with Crippen molar-refractivity contribution in [1.29, 1.82) is 0 Å². The highest BCUT2D eigenvalue weighted by Crippen LogP contribution is 2.42. The van der Waals surface area contributed by atoms with Crippen LogP contribution in [0.25, 0.3) is 0 Å². The number of nitrogens with zero attached hydrogens (tertiary/aromatic N) is 1. The number of hydrogen-bond donors (Lipinski definition) is 1. The molecule has 3 nitrogen and oxygen atoms in total. The van der Waals surface area contributed by atoms with Gasteiger partial charge in [0.2, 0.25) is 0 Å². The smallest absolute Gasteiger partial charge is 0.119 e. The lowest BCUT2D eigenvalue weighted by Crippen LogP contribution is -2.40. The third kappa shape index (κ3) is 6.57. The van der Waals surface area contributed by atoms with Gasteiger partial charge in [-0.05, 0) is 62.5 Å². The van der Waals surface area contributed by atoms with Gasteiger partial charge in [0, 0.05) is 12.5 Å². The molecule has 3 rings (SSSR count). The van der Waals surface area contributed by atoms with Gasteiger partial charge in [-0.25, -0.2) is 0 Å². The SMILES string of the molecule is CCCCCCC[C@@](O)(c1ccc(OCC)cc1)[C@@H](CN1CCCC1)c1ccccc1. The highest BCUT2D eigenvalue weighted by molar-refractivity contribution is 5.35. The Bertz CT molecular complexity index is 739. The summed E-state index contributed by atoms with van der Waals surface area (Å²) in [5.74, 6) is 0.920. The molecule has 31 heavy (non-hydrogen) atoms. The maximum Gasteiger partial charge on any atom is 0.119 e. The minimum atomic E-state index is -0.888. The third-order valence-corrected chi connectivity index (χ3v) is 6.74. The van der Waals surface area contributed by atoms with Gasteiger partial charge in [0.15, 0.2) is 0 Å². The summed E-state index contributed by atoms with van der Waals surface area (Å²) in [6, 6.07) is 18.8. The van der Waals surface area contributed by atoms with Crippen LogP contribution in [0, 0.1) is 0 Å². The molecule has 1 heterocycles.